The topological polar surface area (TPSA) is 47.2 Å². The van der Waals surface area contributed by atoms with Crippen molar-refractivity contribution in [3.05, 3.63) is 57.3 Å². The van der Waals surface area contributed by atoms with E-state index in [0.717, 1.165) is 15.7 Å². The molecule has 0 N–H and O–H groups in total. The van der Waals surface area contributed by atoms with E-state index in [1.807, 2.05) is 35.9 Å². The standard InChI is InChI=1S/C18H15N3OS2/c1-10-8-11(2)15-13(9-10)21(3)18(24-15)20-16(22)17-19-12-6-4-5-7-14(12)23-17/h4-9H,1-3H3. The number of hydrogen-bond donors (Lipinski definition) is 0. The number of benzene rings is 2. The minimum atomic E-state index is -0.285. The summed E-state index contributed by atoms with van der Waals surface area (Å²) in [6.45, 7) is 4.16. The van der Waals surface area contributed by atoms with E-state index < -0.39 is 0 Å². The maximum Gasteiger partial charge on any atom is 0.308 e. The van der Waals surface area contributed by atoms with Gasteiger partial charge in [-0.25, -0.2) is 4.98 Å². The number of rotatable bonds is 1. The highest BCUT2D eigenvalue weighted by molar-refractivity contribution is 7.20. The van der Waals surface area contributed by atoms with Gasteiger partial charge in [0.2, 0.25) is 0 Å². The summed E-state index contributed by atoms with van der Waals surface area (Å²) in [6.07, 6.45) is 0. The van der Waals surface area contributed by atoms with Gasteiger partial charge in [0.15, 0.2) is 9.81 Å². The molecule has 1 amide bonds. The quantitative estimate of drug-likeness (QED) is 0.515. The van der Waals surface area contributed by atoms with Gasteiger partial charge in [-0.05, 0) is 43.2 Å². The van der Waals surface area contributed by atoms with E-state index in [1.165, 1.54) is 27.2 Å². The van der Waals surface area contributed by atoms with Crippen LogP contribution in [-0.2, 0) is 7.05 Å². The Kier molecular flexibility index (Phi) is 3.58. The second-order valence-electron chi connectivity index (χ2n) is 5.78. The molecule has 4 nitrogen and oxygen atoms in total. The summed E-state index contributed by atoms with van der Waals surface area (Å²) in [5.41, 5.74) is 4.36. The molecular weight excluding hydrogens is 338 g/mol. The number of aryl methyl sites for hydroxylation is 3. The van der Waals surface area contributed by atoms with Gasteiger partial charge < -0.3 is 4.57 Å². The van der Waals surface area contributed by atoms with Gasteiger partial charge >= 0.3 is 5.91 Å². The highest BCUT2D eigenvalue weighted by Crippen LogP contribution is 2.24. The van der Waals surface area contributed by atoms with E-state index in [0.29, 0.717) is 9.81 Å². The zero-order valence-corrected chi connectivity index (χ0v) is 15.2. The van der Waals surface area contributed by atoms with Crippen molar-refractivity contribution in [3.8, 4) is 0 Å². The van der Waals surface area contributed by atoms with E-state index >= 15 is 0 Å². The second kappa shape index (κ2) is 5.65. The molecule has 6 heteroatoms. The molecule has 0 radical (unpaired) electrons. The van der Waals surface area contributed by atoms with E-state index in [4.69, 9.17) is 0 Å². The number of amides is 1. The average Bonchev–Trinajstić information content (AvgIpc) is 3.11. The number of nitrogens with zero attached hydrogens (tertiary/aromatic N) is 3. The summed E-state index contributed by atoms with van der Waals surface area (Å²) >= 11 is 2.93. The third-order valence-corrected chi connectivity index (χ3v) is 6.22. The molecule has 0 spiro atoms. The zero-order chi connectivity index (χ0) is 16.8. The Morgan fingerprint density at radius 2 is 1.96 bits per heavy atom. The molecule has 0 saturated carbocycles. The van der Waals surface area contributed by atoms with Crippen LogP contribution in [0, 0.1) is 13.8 Å². The molecule has 4 aromatic rings. The van der Waals surface area contributed by atoms with Crippen molar-refractivity contribution in [2.75, 3.05) is 0 Å². The fraction of sp³-hybridized carbons (Fsp3) is 0.167. The summed E-state index contributed by atoms with van der Waals surface area (Å²) < 4.78 is 4.15. The van der Waals surface area contributed by atoms with Crippen molar-refractivity contribution in [3.63, 3.8) is 0 Å². The average molecular weight is 353 g/mol. The maximum atomic E-state index is 12.5. The van der Waals surface area contributed by atoms with Crippen molar-refractivity contribution in [2.24, 2.45) is 12.0 Å². The van der Waals surface area contributed by atoms with Crippen LogP contribution in [0.15, 0.2) is 41.4 Å². The molecule has 0 aliphatic carbocycles. The Bertz CT molecular complexity index is 1130. The highest BCUT2D eigenvalue weighted by atomic mass is 32.1. The lowest BCUT2D eigenvalue weighted by atomic mass is 10.1. The van der Waals surface area contributed by atoms with Crippen molar-refractivity contribution in [2.45, 2.75) is 13.8 Å². The summed E-state index contributed by atoms with van der Waals surface area (Å²) in [7, 11) is 1.95. The van der Waals surface area contributed by atoms with Crippen LogP contribution in [0.5, 0.6) is 0 Å². The number of aromatic nitrogens is 2. The predicted octanol–water partition coefficient (Wildman–Crippen LogP) is 4.21. The molecule has 120 valence electrons. The third kappa shape index (κ3) is 2.48. The summed E-state index contributed by atoms with van der Waals surface area (Å²) in [4.78, 5) is 22.0. The van der Waals surface area contributed by atoms with Crippen LogP contribution in [0.3, 0.4) is 0 Å². The number of carbonyl (C=O) groups excluding carboxylic acids is 1. The Balaban J connectivity index is 1.85. The van der Waals surface area contributed by atoms with Gasteiger partial charge in [0.1, 0.15) is 0 Å². The van der Waals surface area contributed by atoms with E-state index in [9.17, 15) is 4.79 Å². The number of fused-ring (bicyclic) bond motifs is 2. The number of para-hydroxylation sites is 1. The van der Waals surface area contributed by atoms with E-state index in [2.05, 4.69) is 36.0 Å². The largest absolute Gasteiger partial charge is 0.319 e. The van der Waals surface area contributed by atoms with Crippen LogP contribution in [0.1, 0.15) is 20.9 Å². The molecular formula is C18H15N3OS2. The molecule has 0 unspecified atom stereocenters. The zero-order valence-electron chi connectivity index (χ0n) is 13.5. The van der Waals surface area contributed by atoms with Crippen LogP contribution in [0.25, 0.3) is 20.4 Å². The Morgan fingerprint density at radius 1 is 1.17 bits per heavy atom. The smallest absolute Gasteiger partial charge is 0.308 e. The van der Waals surface area contributed by atoms with Crippen LogP contribution < -0.4 is 4.80 Å². The fourth-order valence-corrected chi connectivity index (χ4v) is 4.69. The molecule has 2 heterocycles. The van der Waals surface area contributed by atoms with Crippen LogP contribution >= 0.6 is 22.7 Å². The molecule has 0 bridgehead atoms. The monoisotopic (exact) mass is 353 g/mol. The van der Waals surface area contributed by atoms with Gasteiger partial charge in [0.25, 0.3) is 0 Å². The molecule has 0 atom stereocenters. The normalized spacial score (nSPS) is 12.4. The molecule has 0 aliphatic rings. The first-order valence-corrected chi connectivity index (χ1v) is 9.17. The minimum absolute atomic E-state index is 0.285. The Morgan fingerprint density at radius 3 is 2.75 bits per heavy atom. The lowest BCUT2D eigenvalue weighted by molar-refractivity contribution is 0.0998. The van der Waals surface area contributed by atoms with E-state index in [1.54, 1.807) is 11.3 Å². The van der Waals surface area contributed by atoms with Gasteiger partial charge in [-0.15, -0.1) is 11.3 Å². The Hall–Kier alpha value is -2.31. The molecule has 0 fully saturated rings. The number of carbonyl (C=O) groups is 1. The summed E-state index contributed by atoms with van der Waals surface area (Å²) in [5, 5.41) is 0.432. The van der Waals surface area contributed by atoms with Crippen LogP contribution in [0.2, 0.25) is 0 Å². The molecule has 0 aliphatic heterocycles. The number of hydrogen-bond acceptors (Lipinski definition) is 4. The van der Waals surface area contributed by atoms with Crippen LogP contribution in [-0.4, -0.2) is 15.5 Å². The van der Waals surface area contributed by atoms with Crippen LogP contribution in [0.4, 0.5) is 0 Å². The summed E-state index contributed by atoms with van der Waals surface area (Å²) in [6, 6.07) is 12.0. The van der Waals surface area contributed by atoms with E-state index in [-0.39, 0.29) is 5.91 Å². The van der Waals surface area contributed by atoms with Crippen molar-refractivity contribution in [1.82, 2.24) is 9.55 Å². The molecule has 4 rings (SSSR count). The lowest BCUT2D eigenvalue weighted by Crippen LogP contribution is -2.13. The molecule has 2 aromatic heterocycles. The maximum absolute atomic E-state index is 12.5. The van der Waals surface area contributed by atoms with Gasteiger partial charge in [-0.3, -0.25) is 4.79 Å². The molecule has 2 aromatic carbocycles. The van der Waals surface area contributed by atoms with Gasteiger partial charge in [-0.1, -0.05) is 29.5 Å². The third-order valence-electron chi connectivity index (χ3n) is 3.92. The van der Waals surface area contributed by atoms with Crippen molar-refractivity contribution >= 4 is 49.0 Å². The van der Waals surface area contributed by atoms with Crippen molar-refractivity contribution in [1.29, 1.82) is 0 Å². The van der Waals surface area contributed by atoms with Gasteiger partial charge in [-0.2, -0.15) is 4.99 Å². The first kappa shape index (κ1) is 15.2. The highest BCUT2D eigenvalue weighted by Gasteiger charge is 2.13. The summed E-state index contributed by atoms with van der Waals surface area (Å²) in [5.74, 6) is -0.285. The van der Waals surface area contributed by atoms with Gasteiger partial charge in [0.05, 0.1) is 20.4 Å². The minimum Gasteiger partial charge on any atom is -0.319 e. The predicted molar refractivity (Wildman–Crippen MR) is 99.8 cm³/mol. The SMILES string of the molecule is Cc1cc(C)c2sc(=NC(=O)c3nc4ccccc4s3)n(C)c2c1. The molecule has 24 heavy (non-hydrogen) atoms. The molecule has 0 saturated heterocycles. The second-order valence-corrected chi connectivity index (χ2v) is 7.79. The first-order chi connectivity index (χ1) is 11.5. The Labute approximate surface area is 146 Å². The lowest BCUT2D eigenvalue weighted by Gasteiger charge is -2.00. The first-order valence-electron chi connectivity index (χ1n) is 7.54. The van der Waals surface area contributed by atoms with Crippen molar-refractivity contribution < 1.29 is 4.79 Å². The van der Waals surface area contributed by atoms with Gasteiger partial charge in [0, 0.05) is 7.05 Å². The number of thiazole rings is 2. The fourth-order valence-electron chi connectivity index (χ4n) is 2.77.